The first-order chi connectivity index (χ1) is 8.77. The molecule has 0 rings (SSSR count). The largest absolute Gasteiger partial charge is 0.481 e. The zero-order valence-corrected chi connectivity index (χ0v) is 12.3. The molecular weight excluding hydrogens is 228 g/mol. The lowest BCUT2D eigenvalue weighted by atomic mass is 10.1. The molecule has 18 heavy (non-hydrogen) atoms. The van der Waals surface area contributed by atoms with E-state index < -0.39 is 5.97 Å². The van der Waals surface area contributed by atoms with E-state index in [1.165, 1.54) is 57.8 Å². The Labute approximate surface area is 113 Å². The third kappa shape index (κ3) is 20.8. The highest BCUT2D eigenvalue weighted by molar-refractivity contribution is 5.66. The van der Waals surface area contributed by atoms with Gasteiger partial charge in [-0.1, -0.05) is 71.1 Å². The Hall–Kier alpha value is -0.570. The monoisotopic (exact) mass is 260 g/mol. The third-order valence-electron chi connectivity index (χ3n) is 2.99. The van der Waals surface area contributed by atoms with Crippen LogP contribution in [-0.4, -0.2) is 23.3 Å². The Morgan fingerprint density at radius 1 is 0.722 bits per heavy atom. The molecule has 0 aliphatic carbocycles. The highest BCUT2D eigenvalue weighted by Gasteiger charge is 1.96. The van der Waals surface area contributed by atoms with Gasteiger partial charge in [0.05, 0.1) is 0 Å². The standard InChI is InChI=1S/C14H28O2.CH4O/c1-2-3-4-5-6-7-8-9-10-11-12-13-14(15)16;1-2/h2-13H2,1H3,(H,15,16);2H,1H3. The van der Waals surface area contributed by atoms with Crippen LogP contribution in [0.1, 0.15) is 84.0 Å². The highest BCUT2D eigenvalue weighted by Crippen LogP contribution is 2.11. The van der Waals surface area contributed by atoms with Gasteiger partial charge >= 0.3 is 5.97 Å². The van der Waals surface area contributed by atoms with E-state index in [-0.39, 0.29) is 0 Å². The van der Waals surface area contributed by atoms with Crippen molar-refractivity contribution in [1.82, 2.24) is 0 Å². The third-order valence-corrected chi connectivity index (χ3v) is 2.99. The van der Waals surface area contributed by atoms with Crippen molar-refractivity contribution in [2.45, 2.75) is 84.0 Å². The minimum atomic E-state index is -0.657. The van der Waals surface area contributed by atoms with Crippen LogP contribution in [-0.2, 0) is 4.79 Å². The summed E-state index contributed by atoms with van der Waals surface area (Å²) in [4.78, 5) is 10.3. The molecule has 3 nitrogen and oxygen atoms in total. The smallest absolute Gasteiger partial charge is 0.303 e. The van der Waals surface area contributed by atoms with Gasteiger partial charge in [0.1, 0.15) is 0 Å². The molecule has 110 valence electrons. The van der Waals surface area contributed by atoms with E-state index in [0.717, 1.165) is 20.0 Å². The van der Waals surface area contributed by atoms with Crippen molar-refractivity contribution in [1.29, 1.82) is 0 Å². The summed E-state index contributed by atoms with van der Waals surface area (Å²) in [6, 6.07) is 0. The second kappa shape index (κ2) is 18.8. The molecule has 0 saturated heterocycles. The number of aliphatic hydroxyl groups excluding tert-OH is 1. The van der Waals surface area contributed by atoms with Crippen LogP contribution in [0, 0.1) is 0 Å². The van der Waals surface area contributed by atoms with Crippen molar-refractivity contribution >= 4 is 5.97 Å². The molecule has 0 aliphatic heterocycles. The first-order valence-electron chi connectivity index (χ1n) is 7.44. The number of aliphatic hydroxyl groups is 1. The number of rotatable bonds is 12. The normalized spacial score (nSPS) is 9.72. The van der Waals surface area contributed by atoms with Gasteiger partial charge in [-0.05, 0) is 6.42 Å². The predicted molar refractivity (Wildman–Crippen MR) is 76.9 cm³/mol. The van der Waals surface area contributed by atoms with Gasteiger partial charge in [-0.2, -0.15) is 0 Å². The molecule has 0 saturated carbocycles. The zero-order valence-electron chi connectivity index (χ0n) is 12.3. The van der Waals surface area contributed by atoms with E-state index in [4.69, 9.17) is 10.2 Å². The average molecular weight is 260 g/mol. The number of hydrogen-bond acceptors (Lipinski definition) is 2. The maximum Gasteiger partial charge on any atom is 0.303 e. The lowest BCUT2D eigenvalue weighted by Crippen LogP contribution is -1.93. The molecule has 3 heteroatoms. The molecule has 0 aromatic carbocycles. The second-order valence-corrected chi connectivity index (χ2v) is 4.68. The van der Waals surface area contributed by atoms with Gasteiger partial charge in [-0.3, -0.25) is 4.79 Å². The Morgan fingerprint density at radius 2 is 1.06 bits per heavy atom. The molecule has 0 unspecified atom stereocenters. The van der Waals surface area contributed by atoms with Crippen LogP contribution in [0.25, 0.3) is 0 Å². The number of hydrogen-bond donors (Lipinski definition) is 2. The van der Waals surface area contributed by atoms with Crippen LogP contribution < -0.4 is 0 Å². The van der Waals surface area contributed by atoms with Crippen LogP contribution in [0.4, 0.5) is 0 Å². The molecule has 0 atom stereocenters. The molecule has 0 fully saturated rings. The molecule has 0 spiro atoms. The van der Waals surface area contributed by atoms with E-state index in [9.17, 15) is 4.79 Å². The molecule has 2 N–H and O–H groups in total. The Bertz CT molecular complexity index is 158. The first kappa shape index (κ1) is 19.8. The van der Waals surface area contributed by atoms with Crippen molar-refractivity contribution in [2.75, 3.05) is 7.11 Å². The number of carboxylic acids is 1. The summed E-state index contributed by atoms with van der Waals surface area (Å²) in [7, 11) is 1.00. The molecule has 0 aromatic heterocycles. The lowest BCUT2D eigenvalue weighted by Gasteiger charge is -2.01. The van der Waals surface area contributed by atoms with Gasteiger partial charge in [-0.15, -0.1) is 0 Å². The topological polar surface area (TPSA) is 57.5 Å². The minimum Gasteiger partial charge on any atom is -0.481 e. The summed E-state index contributed by atoms with van der Waals surface area (Å²) in [5.74, 6) is -0.657. The Kier molecular flexibility index (Phi) is 20.6. The quantitative estimate of drug-likeness (QED) is 0.512. The number of aliphatic carboxylic acids is 1. The van der Waals surface area contributed by atoms with Crippen LogP contribution in [0.15, 0.2) is 0 Å². The molecule has 0 bridgehead atoms. The summed E-state index contributed by atoms with van der Waals surface area (Å²) in [5.41, 5.74) is 0. The van der Waals surface area contributed by atoms with E-state index in [1.807, 2.05) is 0 Å². The summed E-state index contributed by atoms with van der Waals surface area (Å²) in [6.45, 7) is 2.25. The van der Waals surface area contributed by atoms with Crippen LogP contribution in [0.3, 0.4) is 0 Å². The minimum absolute atomic E-state index is 0.344. The van der Waals surface area contributed by atoms with Crippen molar-refractivity contribution in [2.24, 2.45) is 0 Å². The summed E-state index contributed by atoms with van der Waals surface area (Å²) >= 11 is 0. The van der Waals surface area contributed by atoms with Gasteiger partial charge in [0.2, 0.25) is 0 Å². The maximum absolute atomic E-state index is 10.3. The van der Waals surface area contributed by atoms with Gasteiger partial charge in [0, 0.05) is 13.5 Å². The first-order valence-corrected chi connectivity index (χ1v) is 7.44. The zero-order chi connectivity index (χ0) is 14.1. The molecule has 0 amide bonds. The van der Waals surface area contributed by atoms with Gasteiger partial charge in [0.15, 0.2) is 0 Å². The molecule has 0 heterocycles. The lowest BCUT2D eigenvalue weighted by molar-refractivity contribution is -0.137. The van der Waals surface area contributed by atoms with Gasteiger partial charge in [-0.25, -0.2) is 0 Å². The molecular formula is C15H32O3. The van der Waals surface area contributed by atoms with Crippen LogP contribution in [0.5, 0.6) is 0 Å². The summed E-state index contributed by atoms with van der Waals surface area (Å²) < 4.78 is 0. The number of carboxylic acid groups (broad SMARTS) is 1. The predicted octanol–water partition coefficient (Wildman–Crippen LogP) is 4.38. The SMILES string of the molecule is CCCCCCCCCCCCCC(=O)O.CO. The Balaban J connectivity index is 0. The Morgan fingerprint density at radius 3 is 1.39 bits per heavy atom. The van der Waals surface area contributed by atoms with E-state index in [1.54, 1.807) is 0 Å². The van der Waals surface area contributed by atoms with Crippen molar-refractivity contribution in [3.63, 3.8) is 0 Å². The van der Waals surface area contributed by atoms with Crippen molar-refractivity contribution in [3.8, 4) is 0 Å². The van der Waals surface area contributed by atoms with Crippen molar-refractivity contribution in [3.05, 3.63) is 0 Å². The molecule has 0 aliphatic rings. The summed E-state index contributed by atoms with van der Waals surface area (Å²) in [6.07, 6.45) is 14.4. The van der Waals surface area contributed by atoms with Gasteiger partial charge < -0.3 is 10.2 Å². The van der Waals surface area contributed by atoms with E-state index in [0.29, 0.717) is 6.42 Å². The van der Waals surface area contributed by atoms with Crippen LogP contribution in [0.2, 0.25) is 0 Å². The van der Waals surface area contributed by atoms with Crippen LogP contribution >= 0.6 is 0 Å². The molecule has 0 aromatic rings. The van der Waals surface area contributed by atoms with E-state index in [2.05, 4.69) is 6.92 Å². The number of unbranched alkanes of at least 4 members (excludes halogenated alkanes) is 10. The second-order valence-electron chi connectivity index (χ2n) is 4.68. The average Bonchev–Trinajstić information content (AvgIpc) is 2.38. The number of carbonyl (C=O) groups is 1. The van der Waals surface area contributed by atoms with E-state index >= 15 is 0 Å². The van der Waals surface area contributed by atoms with Gasteiger partial charge in [0.25, 0.3) is 0 Å². The van der Waals surface area contributed by atoms with Crippen molar-refractivity contribution < 1.29 is 15.0 Å². The highest BCUT2D eigenvalue weighted by atomic mass is 16.4. The molecule has 0 radical (unpaired) electrons. The fourth-order valence-corrected chi connectivity index (χ4v) is 1.94. The fourth-order valence-electron chi connectivity index (χ4n) is 1.94. The fraction of sp³-hybridized carbons (Fsp3) is 0.933. The maximum atomic E-state index is 10.3. The summed E-state index contributed by atoms with van der Waals surface area (Å²) in [5, 5.41) is 15.5.